The molecule has 1 aromatic rings. The molecule has 1 aliphatic rings. The van der Waals surface area contributed by atoms with Crippen LogP contribution in [0.5, 0.6) is 0 Å². The van der Waals surface area contributed by atoms with Crippen LogP contribution in [-0.4, -0.2) is 98.0 Å². The zero-order chi connectivity index (χ0) is 37.5. The first-order valence-electron chi connectivity index (χ1n) is 17.1. The summed E-state index contributed by atoms with van der Waals surface area (Å²) in [5.41, 5.74) is -1.33. The average Bonchev–Trinajstić information content (AvgIpc) is 3.69. The van der Waals surface area contributed by atoms with Gasteiger partial charge in [0.05, 0.1) is 6.04 Å². The Morgan fingerprint density at radius 1 is 1.00 bits per heavy atom. The summed E-state index contributed by atoms with van der Waals surface area (Å²) in [5.74, 6) is -2.66. The Hall–Kier alpha value is -3.04. The lowest BCUT2D eigenvalue weighted by Crippen LogP contribution is -2.62. The van der Waals surface area contributed by atoms with Crippen LogP contribution in [0, 0.1) is 22.7 Å². The third kappa shape index (κ3) is 11.0. The number of rotatable bonds is 15. The van der Waals surface area contributed by atoms with Crippen molar-refractivity contribution < 1.29 is 32.4 Å². The zero-order valence-electron chi connectivity index (χ0n) is 31.0. The largest absolute Gasteiger partial charge is 0.350 e. The number of likely N-dealkylation sites (N-methyl/N-ethyl adjacent to an activating group) is 2. The maximum Gasteiger partial charge on any atom is 0.315 e. The van der Waals surface area contributed by atoms with Gasteiger partial charge in [-0.3, -0.25) is 19.2 Å². The lowest BCUT2D eigenvalue weighted by molar-refractivity contribution is -0.144. The van der Waals surface area contributed by atoms with E-state index in [-0.39, 0.29) is 42.1 Å². The van der Waals surface area contributed by atoms with Crippen LogP contribution < -0.4 is 21.3 Å². The number of carbonyl (C=O) groups excluding carboxylic acids is 5. The smallest absolute Gasteiger partial charge is 0.315 e. The second kappa shape index (κ2) is 17.3. The van der Waals surface area contributed by atoms with Crippen LogP contribution in [0.4, 0.5) is 4.79 Å². The Morgan fingerprint density at radius 2 is 1.63 bits per heavy atom. The first-order valence-corrected chi connectivity index (χ1v) is 19.4. The summed E-state index contributed by atoms with van der Waals surface area (Å²) in [6.45, 7) is 19.1. The van der Waals surface area contributed by atoms with E-state index in [1.165, 1.54) is 22.3 Å². The number of amides is 5. The lowest BCUT2D eigenvalue weighted by atomic mass is 9.84. The Kier molecular flexibility index (Phi) is 14.8. The van der Waals surface area contributed by atoms with Gasteiger partial charge in [0.15, 0.2) is 0 Å². The minimum absolute atomic E-state index is 0.0103. The molecule has 49 heavy (non-hydrogen) atoms. The van der Waals surface area contributed by atoms with Gasteiger partial charge >= 0.3 is 6.03 Å². The molecule has 15 heteroatoms. The second-order valence-corrected chi connectivity index (χ2v) is 18.5. The molecule has 0 spiro atoms. The lowest BCUT2D eigenvalue weighted by Gasteiger charge is -2.38. The highest BCUT2D eigenvalue weighted by Crippen LogP contribution is 2.34. The van der Waals surface area contributed by atoms with Crippen molar-refractivity contribution in [2.45, 2.75) is 117 Å². The fourth-order valence-corrected chi connectivity index (χ4v) is 8.30. The minimum atomic E-state index is -3.77. The number of hydrogen-bond donors (Lipinski definition) is 4. The third-order valence-electron chi connectivity index (χ3n) is 8.96. The van der Waals surface area contributed by atoms with Gasteiger partial charge in [0, 0.05) is 32.7 Å². The van der Waals surface area contributed by atoms with E-state index in [1.807, 2.05) is 62.3 Å². The average molecular weight is 727 g/mol. The van der Waals surface area contributed by atoms with Gasteiger partial charge in [-0.25, -0.2) is 13.2 Å². The van der Waals surface area contributed by atoms with Gasteiger partial charge in [-0.15, -0.1) is 11.3 Å². The van der Waals surface area contributed by atoms with E-state index in [2.05, 4.69) is 21.3 Å². The molecule has 1 aromatic heterocycles. The van der Waals surface area contributed by atoms with E-state index in [1.54, 1.807) is 18.4 Å². The molecule has 5 amide bonds. The molecule has 1 fully saturated rings. The molecule has 2 heterocycles. The number of urea groups is 1. The van der Waals surface area contributed by atoms with Crippen LogP contribution in [0.3, 0.4) is 0 Å². The third-order valence-corrected chi connectivity index (χ3v) is 12.2. The molecule has 13 nitrogen and oxygen atoms in total. The van der Waals surface area contributed by atoms with Crippen molar-refractivity contribution in [3.05, 3.63) is 17.5 Å². The Balaban J connectivity index is 2.34. The highest BCUT2D eigenvalue weighted by molar-refractivity contribution is 7.91. The Labute approximate surface area is 296 Å². The van der Waals surface area contributed by atoms with Crippen molar-refractivity contribution in [1.29, 1.82) is 0 Å². The molecule has 4 N–H and O–H groups in total. The molecule has 0 aromatic carbocycles. The van der Waals surface area contributed by atoms with Crippen molar-refractivity contribution >= 4 is 50.9 Å². The molecule has 1 aliphatic heterocycles. The Morgan fingerprint density at radius 3 is 2.12 bits per heavy atom. The second-order valence-electron chi connectivity index (χ2n) is 15.3. The number of carbonyl (C=O) groups is 5. The van der Waals surface area contributed by atoms with Gasteiger partial charge in [0.2, 0.25) is 17.6 Å². The van der Waals surface area contributed by atoms with Crippen molar-refractivity contribution in [2.24, 2.45) is 22.7 Å². The molecule has 1 saturated heterocycles. The first kappa shape index (κ1) is 42.1. The topological polar surface area (TPSA) is 174 Å². The molecule has 2 rings (SSSR count). The molecule has 0 saturated carbocycles. The van der Waals surface area contributed by atoms with E-state index in [0.29, 0.717) is 12.8 Å². The fourth-order valence-electron chi connectivity index (χ4n) is 5.92. The van der Waals surface area contributed by atoms with Crippen molar-refractivity contribution in [1.82, 2.24) is 30.5 Å². The standard InChI is InChI=1S/C34H58N6O7S2/c1-12-15-23(27(41)30(43)35-13-2)36-29(42)26-22(21(3)4)17-18-40(26)31(44)28(34(8,9)10)38-32(45)37-24(33(5,6)7)20-39(11)49(46,47)25-16-14-19-48-25/h14,16,19,21-24,26,28H,12-13,15,17-18,20H2,1-11H3,(H,35,43)(H,36,42)(H2,37,38,45)/t22?,23?,24-,26+,28-/m1/s1. The summed E-state index contributed by atoms with van der Waals surface area (Å²) in [4.78, 5) is 68.6. The molecule has 278 valence electrons. The maximum absolute atomic E-state index is 14.4. The molecular formula is C34H58N6O7S2. The predicted octanol–water partition coefficient (Wildman–Crippen LogP) is 3.36. The molecular weight excluding hydrogens is 669 g/mol. The van der Waals surface area contributed by atoms with Crippen LogP contribution in [0.2, 0.25) is 0 Å². The number of likely N-dealkylation sites (tertiary alicyclic amines) is 1. The highest BCUT2D eigenvalue weighted by Gasteiger charge is 2.48. The first-order chi connectivity index (χ1) is 22.6. The molecule has 0 radical (unpaired) electrons. The van der Waals surface area contributed by atoms with E-state index in [9.17, 15) is 32.4 Å². The van der Waals surface area contributed by atoms with Crippen LogP contribution in [-0.2, 0) is 29.2 Å². The summed E-state index contributed by atoms with van der Waals surface area (Å²) in [5, 5.41) is 12.7. The fraction of sp³-hybridized carbons (Fsp3) is 0.735. The minimum Gasteiger partial charge on any atom is -0.350 e. The number of thiophene rings is 1. The van der Waals surface area contributed by atoms with Crippen LogP contribution in [0.1, 0.15) is 88.5 Å². The number of ketones is 1. The maximum atomic E-state index is 14.4. The van der Waals surface area contributed by atoms with Crippen LogP contribution >= 0.6 is 11.3 Å². The highest BCUT2D eigenvalue weighted by atomic mass is 32.2. The number of nitrogens with one attached hydrogen (secondary N) is 4. The predicted molar refractivity (Wildman–Crippen MR) is 191 cm³/mol. The monoisotopic (exact) mass is 726 g/mol. The number of hydrogen-bond acceptors (Lipinski definition) is 8. The molecule has 2 unspecified atom stereocenters. The van der Waals surface area contributed by atoms with Crippen LogP contribution in [0.15, 0.2) is 21.7 Å². The molecule has 0 bridgehead atoms. The van der Waals surface area contributed by atoms with E-state index in [0.717, 1.165) is 11.3 Å². The normalized spacial score (nSPS) is 18.9. The number of nitrogens with zero attached hydrogens (tertiary/aromatic N) is 2. The summed E-state index contributed by atoms with van der Waals surface area (Å²) < 4.78 is 27.7. The number of sulfonamides is 1. The van der Waals surface area contributed by atoms with E-state index in [4.69, 9.17) is 0 Å². The van der Waals surface area contributed by atoms with Gasteiger partial charge in [0.1, 0.15) is 16.3 Å². The van der Waals surface area contributed by atoms with Gasteiger partial charge in [-0.2, -0.15) is 4.31 Å². The van der Waals surface area contributed by atoms with Crippen molar-refractivity contribution in [3.63, 3.8) is 0 Å². The van der Waals surface area contributed by atoms with Gasteiger partial charge < -0.3 is 26.2 Å². The van der Waals surface area contributed by atoms with E-state index >= 15 is 0 Å². The molecule has 5 atom stereocenters. The summed E-state index contributed by atoms with van der Waals surface area (Å²) in [7, 11) is -2.31. The molecule has 0 aliphatic carbocycles. The van der Waals surface area contributed by atoms with Gasteiger partial charge in [-0.05, 0) is 53.9 Å². The van der Waals surface area contributed by atoms with Gasteiger partial charge in [0.25, 0.3) is 15.9 Å². The zero-order valence-corrected chi connectivity index (χ0v) is 32.6. The quantitative estimate of drug-likeness (QED) is 0.201. The van der Waals surface area contributed by atoms with Crippen molar-refractivity contribution in [2.75, 3.05) is 26.7 Å². The SMILES string of the molecule is CCCC(NC(=O)[C@@H]1C(C(C)C)CCN1C(=O)[C@@H](NC(=O)N[C@H](CN(C)S(=O)(=O)c1cccs1)C(C)(C)C)C(C)(C)C)C(=O)C(=O)NCC. The summed E-state index contributed by atoms with van der Waals surface area (Å²) >= 11 is 1.11. The van der Waals surface area contributed by atoms with E-state index < -0.39 is 74.6 Å². The summed E-state index contributed by atoms with van der Waals surface area (Å²) in [6.07, 6.45) is 1.36. The van der Waals surface area contributed by atoms with Crippen molar-refractivity contribution in [3.8, 4) is 0 Å². The van der Waals surface area contributed by atoms with Gasteiger partial charge in [-0.1, -0.05) is 74.8 Å². The number of Topliss-reactive ketones (excluding diaryl/α,β-unsaturated/α-hetero) is 1. The summed E-state index contributed by atoms with van der Waals surface area (Å²) in [6, 6.07) is -1.08. The van der Waals surface area contributed by atoms with Crippen LogP contribution in [0.25, 0.3) is 0 Å². The Bertz CT molecular complexity index is 1420.